The van der Waals surface area contributed by atoms with Crippen molar-refractivity contribution in [2.24, 2.45) is 5.92 Å². The van der Waals surface area contributed by atoms with Crippen LogP contribution in [0.3, 0.4) is 0 Å². The van der Waals surface area contributed by atoms with Crippen molar-refractivity contribution in [2.75, 3.05) is 13.2 Å². The van der Waals surface area contributed by atoms with Crippen LogP contribution in [-0.4, -0.2) is 31.1 Å². The molecule has 0 fully saturated rings. The molecule has 3 nitrogen and oxygen atoms in total. The van der Waals surface area contributed by atoms with E-state index < -0.39 is 31.9 Å². The first kappa shape index (κ1) is 15.5. The van der Waals surface area contributed by atoms with E-state index in [-0.39, 0.29) is 11.5 Å². The smallest absolute Gasteiger partial charge is 0.397 e. The normalized spacial score (nSPS) is 13.4. The molecule has 1 rings (SSSR count). The summed E-state index contributed by atoms with van der Waals surface area (Å²) in [7, 11) is 0. The van der Waals surface area contributed by atoms with Crippen LogP contribution >= 0.6 is 0 Å². The molecule has 0 saturated carbocycles. The van der Waals surface area contributed by atoms with Gasteiger partial charge in [-0.3, -0.25) is 0 Å². The summed E-state index contributed by atoms with van der Waals surface area (Å²) in [6.45, 7) is -4.82. The first-order valence-electron chi connectivity index (χ1n) is 5.18. The van der Waals surface area contributed by atoms with Crippen LogP contribution in [-0.2, 0) is 0 Å². The summed E-state index contributed by atoms with van der Waals surface area (Å²) < 4.78 is 69.4. The Labute approximate surface area is 105 Å². The van der Waals surface area contributed by atoms with E-state index in [1.807, 2.05) is 0 Å². The van der Waals surface area contributed by atoms with Gasteiger partial charge >= 0.3 is 12.8 Å². The highest BCUT2D eigenvalue weighted by Gasteiger charge is 2.39. The number of hydrogen-bond acceptors (Lipinski definition) is 3. The molecule has 0 aromatic heterocycles. The Hall–Kier alpha value is -1.57. The number of alkyl halides is 5. The van der Waals surface area contributed by atoms with Crippen LogP contribution in [0, 0.1) is 5.92 Å². The van der Waals surface area contributed by atoms with Crippen LogP contribution in [0.25, 0.3) is 0 Å². The molecule has 0 radical (unpaired) electrons. The molecule has 1 unspecified atom stereocenters. The average Bonchev–Trinajstić information content (AvgIpc) is 2.29. The highest BCUT2D eigenvalue weighted by atomic mass is 19.4. The maximum Gasteiger partial charge on any atom is 0.397 e. The highest BCUT2D eigenvalue weighted by molar-refractivity contribution is 5.31. The van der Waals surface area contributed by atoms with Crippen molar-refractivity contribution in [1.82, 2.24) is 0 Å². The minimum atomic E-state index is -4.56. The van der Waals surface area contributed by atoms with Crippen molar-refractivity contribution in [3.05, 3.63) is 24.3 Å². The molecule has 0 spiro atoms. The van der Waals surface area contributed by atoms with Crippen molar-refractivity contribution in [1.29, 1.82) is 0 Å². The number of benzene rings is 1. The minimum absolute atomic E-state index is 0.0596. The Balaban J connectivity index is 2.54. The summed E-state index contributed by atoms with van der Waals surface area (Å²) in [4.78, 5) is 0. The predicted molar refractivity (Wildman–Crippen MR) is 55.2 cm³/mol. The molecule has 1 aromatic rings. The zero-order valence-electron chi connectivity index (χ0n) is 9.53. The van der Waals surface area contributed by atoms with Gasteiger partial charge in [0.1, 0.15) is 24.0 Å². The summed E-state index contributed by atoms with van der Waals surface area (Å²) in [5, 5.41) is 8.58. The molecule has 0 aliphatic carbocycles. The van der Waals surface area contributed by atoms with Gasteiger partial charge in [-0.05, 0) is 24.3 Å². The first-order chi connectivity index (χ1) is 8.82. The van der Waals surface area contributed by atoms with E-state index in [9.17, 15) is 22.0 Å². The molecule has 1 aromatic carbocycles. The van der Waals surface area contributed by atoms with Gasteiger partial charge in [0.2, 0.25) is 0 Å². The number of halogens is 5. The average molecular weight is 286 g/mol. The Morgan fingerprint density at radius 2 is 1.58 bits per heavy atom. The van der Waals surface area contributed by atoms with Gasteiger partial charge in [0.05, 0.1) is 6.61 Å². The number of rotatable bonds is 6. The molecule has 0 saturated heterocycles. The molecule has 1 N–H and O–H groups in total. The topological polar surface area (TPSA) is 38.7 Å². The van der Waals surface area contributed by atoms with Crippen molar-refractivity contribution in [3.63, 3.8) is 0 Å². The monoisotopic (exact) mass is 286 g/mol. The van der Waals surface area contributed by atoms with E-state index >= 15 is 0 Å². The molecular weight excluding hydrogens is 275 g/mol. The fourth-order valence-corrected chi connectivity index (χ4v) is 1.16. The lowest BCUT2D eigenvalue weighted by Crippen LogP contribution is -2.31. The van der Waals surface area contributed by atoms with Crippen LogP contribution in [0.15, 0.2) is 24.3 Å². The van der Waals surface area contributed by atoms with Crippen LogP contribution in [0.5, 0.6) is 11.5 Å². The van der Waals surface area contributed by atoms with Crippen LogP contribution in [0.4, 0.5) is 22.0 Å². The second-order valence-electron chi connectivity index (χ2n) is 3.58. The third-order valence-corrected chi connectivity index (χ3v) is 2.18. The standard InChI is InChI=1S/C11H11F5O3/c12-10(13)19-9-3-1-8(2-4-9)18-6-7(5-17)11(14,15)16/h1-4,7,10,17H,5-6H2. The summed E-state index contributed by atoms with van der Waals surface area (Å²) in [5.41, 5.74) is 0. The third kappa shape index (κ3) is 5.29. The molecule has 0 aliphatic heterocycles. The second-order valence-corrected chi connectivity index (χ2v) is 3.58. The summed E-state index contributed by atoms with van der Waals surface area (Å²) in [6.07, 6.45) is -4.56. The van der Waals surface area contributed by atoms with Crippen molar-refractivity contribution < 1.29 is 36.5 Å². The second kappa shape index (κ2) is 6.55. The SMILES string of the molecule is OCC(COc1ccc(OC(F)F)cc1)C(F)(F)F. The van der Waals surface area contributed by atoms with E-state index in [1.165, 1.54) is 12.1 Å². The first-order valence-corrected chi connectivity index (χ1v) is 5.18. The van der Waals surface area contributed by atoms with Crippen LogP contribution in [0.1, 0.15) is 0 Å². The molecule has 8 heteroatoms. The van der Waals surface area contributed by atoms with Gasteiger partial charge < -0.3 is 14.6 Å². The number of ether oxygens (including phenoxy) is 2. The van der Waals surface area contributed by atoms with Gasteiger partial charge in [-0.15, -0.1) is 0 Å². The van der Waals surface area contributed by atoms with Crippen LogP contribution < -0.4 is 9.47 Å². The van der Waals surface area contributed by atoms with Gasteiger partial charge in [-0.25, -0.2) is 0 Å². The number of aliphatic hydroxyl groups excluding tert-OH is 1. The highest BCUT2D eigenvalue weighted by Crippen LogP contribution is 2.27. The van der Waals surface area contributed by atoms with E-state index in [2.05, 4.69) is 4.74 Å². The molecular formula is C11H11F5O3. The van der Waals surface area contributed by atoms with Crippen molar-refractivity contribution >= 4 is 0 Å². The van der Waals surface area contributed by atoms with Gasteiger partial charge in [-0.1, -0.05) is 0 Å². The Morgan fingerprint density at radius 3 is 2.00 bits per heavy atom. The fraction of sp³-hybridized carbons (Fsp3) is 0.455. The number of hydrogen-bond donors (Lipinski definition) is 1. The largest absolute Gasteiger partial charge is 0.493 e. The Bertz CT molecular complexity index is 377. The van der Waals surface area contributed by atoms with Gasteiger partial charge in [0.25, 0.3) is 0 Å². The Kier molecular flexibility index (Phi) is 5.34. The summed E-state index contributed by atoms with van der Waals surface area (Å²) >= 11 is 0. The third-order valence-electron chi connectivity index (χ3n) is 2.18. The summed E-state index contributed by atoms with van der Waals surface area (Å²) in [5.74, 6) is -2.06. The van der Waals surface area contributed by atoms with Crippen molar-refractivity contribution in [3.8, 4) is 11.5 Å². The minimum Gasteiger partial charge on any atom is -0.493 e. The van der Waals surface area contributed by atoms with E-state index in [0.717, 1.165) is 12.1 Å². The maximum absolute atomic E-state index is 12.3. The van der Waals surface area contributed by atoms with Gasteiger partial charge in [0, 0.05) is 0 Å². The molecule has 1 atom stereocenters. The zero-order valence-corrected chi connectivity index (χ0v) is 9.53. The zero-order chi connectivity index (χ0) is 14.5. The maximum atomic E-state index is 12.3. The van der Waals surface area contributed by atoms with E-state index in [0.29, 0.717) is 0 Å². The molecule has 19 heavy (non-hydrogen) atoms. The summed E-state index contributed by atoms with van der Waals surface area (Å²) in [6, 6.07) is 4.68. The van der Waals surface area contributed by atoms with E-state index in [4.69, 9.17) is 9.84 Å². The Morgan fingerprint density at radius 1 is 1.05 bits per heavy atom. The van der Waals surface area contributed by atoms with Gasteiger partial charge in [-0.2, -0.15) is 22.0 Å². The van der Waals surface area contributed by atoms with Crippen molar-refractivity contribution in [2.45, 2.75) is 12.8 Å². The molecule has 0 amide bonds. The fourth-order valence-electron chi connectivity index (χ4n) is 1.16. The van der Waals surface area contributed by atoms with E-state index in [1.54, 1.807) is 0 Å². The quantitative estimate of drug-likeness (QED) is 0.817. The number of aliphatic hydroxyl groups is 1. The lowest BCUT2D eigenvalue weighted by molar-refractivity contribution is -0.190. The molecule has 0 aliphatic rings. The lowest BCUT2D eigenvalue weighted by Gasteiger charge is -2.18. The molecule has 0 heterocycles. The molecule has 108 valence electrons. The van der Waals surface area contributed by atoms with Crippen LogP contribution in [0.2, 0.25) is 0 Å². The predicted octanol–water partition coefficient (Wildman–Crippen LogP) is 2.84. The van der Waals surface area contributed by atoms with Gasteiger partial charge in [0.15, 0.2) is 0 Å². The lowest BCUT2D eigenvalue weighted by atomic mass is 10.2. The molecule has 0 bridgehead atoms.